The Hall–Kier alpha value is -2.76. The average Bonchev–Trinajstić information content (AvgIpc) is 3.06. The number of rotatable bonds is 7. The highest BCUT2D eigenvalue weighted by molar-refractivity contribution is 6.30. The van der Waals surface area contributed by atoms with Crippen molar-refractivity contribution in [2.45, 2.75) is 6.92 Å². The molecule has 0 bridgehead atoms. The Morgan fingerprint density at radius 2 is 1.86 bits per heavy atom. The van der Waals surface area contributed by atoms with E-state index in [0.29, 0.717) is 23.7 Å². The molecule has 0 saturated carbocycles. The minimum Gasteiger partial charge on any atom is -0.497 e. The molecule has 1 heterocycles. The van der Waals surface area contributed by atoms with Gasteiger partial charge in [0.15, 0.2) is 0 Å². The van der Waals surface area contributed by atoms with Gasteiger partial charge >= 0.3 is 0 Å². The number of amides is 1. The number of methoxy groups -OCH3 is 2. The van der Waals surface area contributed by atoms with Crippen molar-refractivity contribution in [3.8, 4) is 22.7 Å². The maximum absolute atomic E-state index is 12.7. The van der Waals surface area contributed by atoms with Gasteiger partial charge < -0.3 is 19.4 Å². The molecule has 1 N–H and O–H groups in total. The fraction of sp³-hybridized carbons (Fsp3) is 0.227. The molecule has 0 radical (unpaired) electrons. The van der Waals surface area contributed by atoms with Crippen LogP contribution in [0.25, 0.3) is 16.9 Å². The van der Waals surface area contributed by atoms with Crippen LogP contribution in [0.15, 0.2) is 54.6 Å². The van der Waals surface area contributed by atoms with Gasteiger partial charge in [-0.1, -0.05) is 29.8 Å². The van der Waals surface area contributed by atoms with E-state index in [1.54, 1.807) is 14.2 Å². The van der Waals surface area contributed by atoms with Crippen molar-refractivity contribution in [2.24, 2.45) is 0 Å². The van der Waals surface area contributed by atoms with Crippen LogP contribution in [0.5, 0.6) is 5.75 Å². The molecule has 1 amide bonds. The van der Waals surface area contributed by atoms with Gasteiger partial charge in [-0.15, -0.1) is 0 Å². The summed E-state index contributed by atoms with van der Waals surface area (Å²) in [6.07, 6.45) is 0. The standard InChI is InChI=1S/C22H23ClN2O3/c1-15-20(22(26)24-11-12-27-2)14-21(16-7-9-17(23)10-8-16)25(15)18-5-4-6-19(13-18)28-3/h4-10,13-14H,11-12H2,1-3H3,(H,24,26). The maximum atomic E-state index is 12.7. The van der Waals surface area contributed by atoms with Crippen LogP contribution in [0.3, 0.4) is 0 Å². The summed E-state index contributed by atoms with van der Waals surface area (Å²) < 4.78 is 12.4. The van der Waals surface area contributed by atoms with Gasteiger partial charge in [0.1, 0.15) is 5.75 Å². The maximum Gasteiger partial charge on any atom is 0.253 e. The molecule has 0 aliphatic heterocycles. The molecule has 28 heavy (non-hydrogen) atoms. The van der Waals surface area contributed by atoms with E-state index < -0.39 is 0 Å². The molecule has 3 aromatic rings. The van der Waals surface area contributed by atoms with Crippen LogP contribution in [0.2, 0.25) is 5.02 Å². The molecule has 5 nitrogen and oxygen atoms in total. The lowest BCUT2D eigenvalue weighted by Gasteiger charge is -2.13. The van der Waals surface area contributed by atoms with Crippen molar-refractivity contribution < 1.29 is 14.3 Å². The number of ether oxygens (including phenoxy) is 2. The Labute approximate surface area is 169 Å². The number of aromatic nitrogens is 1. The van der Waals surface area contributed by atoms with Gasteiger partial charge in [-0.05, 0) is 42.8 Å². The molecule has 0 saturated heterocycles. The van der Waals surface area contributed by atoms with Crippen molar-refractivity contribution >= 4 is 17.5 Å². The van der Waals surface area contributed by atoms with Crippen LogP contribution in [0.4, 0.5) is 0 Å². The summed E-state index contributed by atoms with van der Waals surface area (Å²) in [6.45, 7) is 2.85. The van der Waals surface area contributed by atoms with Crippen molar-refractivity contribution in [3.63, 3.8) is 0 Å². The number of nitrogens with zero attached hydrogens (tertiary/aromatic N) is 1. The summed E-state index contributed by atoms with van der Waals surface area (Å²) in [5, 5.41) is 3.56. The predicted molar refractivity (Wildman–Crippen MR) is 112 cm³/mol. The zero-order valence-electron chi connectivity index (χ0n) is 16.2. The van der Waals surface area contributed by atoms with Crippen LogP contribution >= 0.6 is 11.6 Å². The van der Waals surface area contributed by atoms with Crippen LogP contribution < -0.4 is 10.1 Å². The molecule has 3 rings (SSSR count). The van der Waals surface area contributed by atoms with Gasteiger partial charge in [-0.2, -0.15) is 0 Å². The molecule has 6 heteroatoms. The lowest BCUT2D eigenvalue weighted by Crippen LogP contribution is -2.27. The summed E-state index contributed by atoms with van der Waals surface area (Å²) in [4.78, 5) is 12.7. The second-order valence-electron chi connectivity index (χ2n) is 6.32. The molecule has 0 fully saturated rings. The fourth-order valence-electron chi connectivity index (χ4n) is 3.11. The zero-order chi connectivity index (χ0) is 20.1. The van der Waals surface area contributed by atoms with Crippen molar-refractivity contribution in [2.75, 3.05) is 27.4 Å². The predicted octanol–water partition coefficient (Wildman–Crippen LogP) is 4.49. The summed E-state index contributed by atoms with van der Waals surface area (Å²) in [5.41, 5.74) is 4.24. The van der Waals surface area contributed by atoms with E-state index in [4.69, 9.17) is 21.1 Å². The molecule has 0 aliphatic carbocycles. The van der Waals surface area contributed by atoms with E-state index in [1.807, 2.05) is 61.5 Å². The van der Waals surface area contributed by atoms with Gasteiger partial charge in [0, 0.05) is 36.1 Å². The molecule has 1 aromatic heterocycles. The third-order valence-corrected chi connectivity index (χ3v) is 4.79. The minimum atomic E-state index is -0.133. The van der Waals surface area contributed by atoms with E-state index in [0.717, 1.165) is 28.4 Å². The van der Waals surface area contributed by atoms with Gasteiger partial charge in [0.25, 0.3) is 5.91 Å². The van der Waals surface area contributed by atoms with Crippen LogP contribution in [0.1, 0.15) is 16.1 Å². The Morgan fingerprint density at radius 1 is 1.11 bits per heavy atom. The number of hydrogen-bond donors (Lipinski definition) is 1. The van der Waals surface area contributed by atoms with Gasteiger partial charge in [0.2, 0.25) is 0 Å². The number of carbonyl (C=O) groups is 1. The SMILES string of the molecule is COCCNC(=O)c1cc(-c2ccc(Cl)cc2)n(-c2cccc(OC)c2)c1C. The van der Waals surface area contributed by atoms with Crippen LogP contribution in [-0.2, 0) is 4.74 Å². The third-order valence-electron chi connectivity index (χ3n) is 4.54. The molecular formula is C22H23ClN2O3. The first-order valence-corrected chi connectivity index (χ1v) is 9.32. The Bertz CT molecular complexity index is 964. The molecule has 0 aliphatic rings. The second-order valence-corrected chi connectivity index (χ2v) is 6.76. The number of hydrogen-bond acceptors (Lipinski definition) is 3. The monoisotopic (exact) mass is 398 g/mol. The summed E-state index contributed by atoms with van der Waals surface area (Å²) in [6, 6.07) is 17.2. The number of halogens is 1. The highest BCUT2D eigenvalue weighted by Gasteiger charge is 2.19. The normalized spacial score (nSPS) is 10.7. The number of nitrogens with one attached hydrogen (secondary N) is 1. The first kappa shape index (κ1) is 20.0. The van der Waals surface area contributed by atoms with Crippen LogP contribution in [-0.4, -0.2) is 37.8 Å². The molecule has 0 spiro atoms. The fourth-order valence-corrected chi connectivity index (χ4v) is 3.24. The largest absolute Gasteiger partial charge is 0.497 e. The summed E-state index contributed by atoms with van der Waals surface area (Å²) in [7, 11) is 3.24. The topological polar surface area (TPSA) is 52.5 Å². The molecule has 2 aromatic carbocycles. The molecule has 0 unspecified atom stereocenters. The Balaban J connectivity index is 2.12. The van der Waals surface area contributed by atoms with E-state index in [2.05, 4.69) is 9.88 Å². The second kappa shape index (κ2) is 8.95. The highest BCUT2D eigenvalue weighted by atomic mass is 35.5. The third kappa shape index (κ3) is 4.21. The van der Waals surface area contributed by atoms with Crippen molar-refractivity contribution in [3.05, 3.63) is 70.9 Å². The quantitative estimate of drug-likeness (QED) is 0.596. The van der Waals surface area contributed by atoms with Crippen LogP contribution in [0, 0.1) is 6.92 Å². The molecule has 146 valence electrons. The lowest BCUT2D eigenvalue weighted by molar-refractivity contribution is 0.0936. The zero-order valence-corrected chi connectivity index (χ0v) is 16.9. The average molecular weight is 399 g/mol. The summed E-state index contributed by atoms with van der Waals surface area (Å²) >= 11 is 6.05. The van der Waals surface area contributed by atoms with E-state index in [9.17, 15) is 4.79 Å². The van der Waals surface area contributed by atoms with Crippen molar-refractivity contribution in [1.82, 2.24) is 9.88 Å². The first-order valence-electron chi connectivity index (χ1n) is 8.95. The lowest BCUT2D eigenvalue weighted by atomic mass is 10.1. The minimum absolute atomic E-state index is 0.133. The number of carbonyl (C=O) groups excluding carboxylic acids is 1. The van der Waals surface area contributed by atoms with Crippen molar-refractivity contribution in [1.29, 1.82) is 0 Å². The smallest absolute Gasteiger partial charge is 0.253 e. The van der Waals surface area contributed by atoms with Gasteiger partial charge in [0.05, 0.1) is 25.0 Å². The molecular weight excluding hydrogens is 376 g/mol. The highest BCUT2D eigenvalue weighted by Crippen LogP contribution is 2.31. The number of benzene rings is 2. The van der Waals surface area contributed by atoms with E-state index in [1.165, 1.54) is 0 Å². The Morgan fingerprint density at radius 3 is 2.54 bits per heavy atom. The van der Waals surface area contributed by atoms with Gasteiger partial charge in [-0.25, -0.2) is 0 Å². The first-order chi connectivity index (χ1) is 13.5. The Kier molecular flexibility index (Phi) is 6.39. The molecule has 0 atom stereocenters. The van der Waals surface area contributed by atoms with E-state index in [-0.39, 0.29) is 5.91 Å². The van der Waals surface area contributed by atoms with E-state index >= 15 is 0 Å². The summed E-state index contributed by atoms with van der Waals surface area (Å²) in [5.74, 6) is 0.616. The van der Waals surface area contributed by atoms with Gasteiger partial charge in [-0.3, -0.25) is 4.79 Å².